The average Bonchev–Trinajstić information content (AvgIpc) is 2.41. The molecule has 0 atom stereocenters. The van der Waals surface area contributed by atoms with Crippen LogP contribution in [0.2, 0.25) is 0 Å². The van der Waals surface area contributed by atoms with Gasteiger partial charge in [0.25, 0.3) is 0 Å². The minimum absolute atomic E-state index is 0.302. The van der Waals surface area contributed by atoms with E-state index < -0.39 is 0 Å². The van der Waals surface area contributed by atoms with Crippen molar-refractivity contribution in [3.05, 3.63) is 27.7 Å². The third-order valence-electron chi connectivity index (χ3n) is 1.82. The van der Waals surface area contributed by atoms with Gasteiger partial charge in [0.2, 0.25) is 0 Å². The molecule has 0 bridgehead atoms. The first-order chi connectivity index (χ1) is 5.70. The Bertz CT molecular complexity index is 362. The number of ether oxygens (including phenoxy) is 1. The Morgan fingerprint density at radius 3 is 3.00 bits per heavy atom. The number of hydrogen-bond acceptors (Lipinski definition) is 3. The first-order valence-electron chi connectivity index (χ1n) is 3.44. The third kappa shape index (κ3) is 0.914. The molecule has 0 radical (unpaired) electrons. The van der Waals surface area contributed by atoms with Crippen molar-refractivity contribution in [3.63, 3.8) is 0 Å². The normalized spacial score (nSPS) is 14.2. The lowest BCUT2D eigenvalue weighted by Crippen LogP contribution is -1.98. The summed E-state index contributed by atoms with van der Waals surface area (Å²) in [5, 5.41) is 0. The summed E-state index contributed by atoms with van der Waals surface area (Å²) in [6.45, 7) is 0.354. The molecule has 0 saturated carbocycles. The number of benzene rings is 1. The van der Waals surface area contributed by atoms with E-state index >= 15 is 0 Å². The maximum atomic E-state index is 11.1. The van der Waals surface area contributed by atoms with Crippen LogP contribution in [0.4, 0.5) is 5.69 Å². The van der Waals surface area contributed by atoms with E-state index in [1.54, 1.807) is 12.1 Å². The molecule has 2 rings (SSSR count). The molecule has 3 nitrogen and oxygen atoms in total. The SMILES string of the molecule is Nc1ccc2c(c1Br)C(=O)OC2. The maximum absolute atomic E-state index is 11.1. The van der Waals surface area contributed by atoms with Crippen LogP contribution in [0, 0.1) is 0 Å². The standard InChI is InChI=1S/C8H6BrNO2/c9-7-5(10)2-1-4-3-12-8(11)6(4)7/h1-2H,3,10H2. The predicted octanol–water partition coefficient (Wildman–Crippen LogP) is 1.70. The number of hydrogen-bond donors (Lipinski definition) is 1. The fraction of sp³-hybridized carbons (Fsp3) is 0.125. The van der Waals surface area contributed by atoms with E-state index in [9.17, 15) is 4.79 Å². The van der Waals surface area contributed by atoms with Gasteiger partial charge in [-0.3, -0.25) is 0 Å². The van der Waals surface area contributed by atoms with Gasteiger partial charge < -0.3 is 10.5 Å². The Balaban J connectivity index is 2.71. The minimum Gasteiger partial charge on any atom is -0.457 e. The molecule has 0 saturated heterocycles. The van der Waals surface area contributed by atoms with Gasteiger partial charge in [0.1, 0.15) is 6.61 Å². The maximum Gasteiger partial charge on any atom is 0.340 e. The van der Waals surface area contributed by atoms with Crippen molar-refractivity contribution in [1.82, 2.24) is 0 Å². The van der Waals surface area contributed by atoms with Gasteiger partial charge in [-0.25, -0.2) is 4.79 Å². The van der Waals surface area contributed by atoms with Gasteiger partial charge in [0.15, 0.2) is 0 Å². The quantitative estimate of drug-likeness (QED) is 0.543. The molecule has 62 valence electrons. The third-order valence-corrected chi connectivity index (χ3v) is 2.68. The summed E-state index contributed by atoms with van der Waals surface area (Å²) in [6.07, 6.45) is 0. The lowest BCUT2D eigenvalue weighted by molar-refractivity contribution is 0.0534. The number of cyclic esters (lactones) is 1. The van der Waals surface area contributed by atoms with E-state index in [2.05, 4.69) is 15.9 Å². The first-order valence-corrected chi connectivity index (χ1v) is 4.23. The number of anilines is 1. The number of halogens is 1. The second kappa shape index (κ2) is 2.48. The van der Waals surface area contributed by atoms with Gasteiger partial charge in [-0.05, 0) is 22.0 Å². The first kappa shape index (κ1) is 7.61. The summed E-state index contributed by atoms with van der Waals surface area (Å²) in [5.74, 6) is -0.302. The number of fused-ring (bicyclic) bond motifs is 1. The van der Waals surface area contributed by atoms with Gasteiger partial charge in [0, 0.05) is 11.3 Å². The zero-order valence-corrected chi connectivity index (χ0v) is 7.72. The Hall–Kier alpha value is -1.03. The number of rotatable bonds is 0. The molecule has 1 aliphatic rings. The topological polar surface area (TPSA) is 52.3 Å². The van der Waals surface area contributed by atoms with Gasteiger partial charge in [-0.2, -0.15) is 0 Å². The van der Waals surface area contributed by atoms with Crippen LogP contribution in [-0.4, -0.2) is 5.97 Å². The molecule has 1 heterocycles. The van der Waals surface area contributed by atoms with E-state index in [0.29, 0.717) is 22.3 Å². The summed E-state index contributed by atoms with van der Waals surface area (Å²) < 4.78 is 5.48. The van der Waals surface area contributed by atoms with Crippen LogP contribution in [0.15, 0.2) is 16.6 Å². The number of nitrogens with two attached hydrogens (primary N) is 1. The number of carbonyl (C=O) groups excluding carboxylic acids is 1. The smallest absolute Gasteiger partial charge is 0.340 e. The van der Waals surface area contributed by atoms with E-state index in [0.717, 1.165) is 5.56 Å². The second-order valence-electron chi connectivity index (χ2n) is 2.58. The van der Waals surface area contributed by atoms with Gasteiger partial charge in [0.05, 0.1) is 10.0 Å². The lowest BCUT2D eigenvalue weighted by Gasteiger charge is -2.00. The van der Waals surface area contributed by atoms with Crippen molar-refractivity contribution >= 4 is 27.6 Å². The van der Waals surface area contributed by atoms with E-state index in [1.807, 2.05) is 0 Å². The summed E-state index contributed by atoms with van der Waals surface area (Å²) in [5.41, 5.74) is 7.62. The van der Waals surface area contributed by atoms with Crippen LogP contribution in [-0.2, 0) is 11.3 Å². The zero-order valence-electron chi connectivity index (χ0n) is 6.13. The molecule has 1 aromatic rings. The molecule has 0 unspecified atom stereocenters. The fourth-order valence-electron chi connectivity index (χ4n) is 1.19. The Kier molecular flexibility index (Phi) is 1.58. The largest absolute Gasteiger partial charge is 0.457 e. The molecule has 0 aromatic heterocycles. The Labute approximate surface area is 77.6 Å². The van der Waals surface area contributed by atoms with Crippen LogP contribution in [0.5, 0.6) is 0 Å². The second-order valence-corrected chi connectivity index (χ2v) is 3.37. The Morgan fingerprint density at radius 2 is 2.25 bits per heavy atom. The number of carbonyl (C=O) groups is 1. The van der Waals surface area contributed by atoms with E-state index in [1.165, 1.54) is 0 Å². The molecule has 0 spiro atoms. The highest BCUT2D eigenvalue weighted by Crippen LogP contribution is 2.31. The molecule has 1 aromatic carbocycles. The summed E-state index contributed by atoms with van der Waals surface area (Å²) in [6, 6.07) is 3.56. The number of nitrogen functional groups attached to an aromatic ring is 1. The molecular weight excluding hydrogens is 222 g/mol. The highest BCUT2D eigenvalue weighted by Gasteiger charge is 2.24. The molecule has 2 N–H and O–H groups in total. The van der Waals surface area contributed by atoms with Crippen LogP contribution < -0.4 is 5.73 Å². The number of esters is 1. The van der Waals surface area contributed by atoms with Crippen molar-refractivity contribution in [3.8, 4) is 0 Å². The lowest BCUT2D eigenvalue weighted by atomic mass is 10.1. The minimum atomic E-state index is -0.302. The molecule has 4 heteroatoms. The zero-order chi connectivity index (χ0) is 8.72. The predicted molar refractivity (Wildman–Crippen MR) is 47.7 cm³/mol. The molecule has 0 amide bonds. The highest BCUT2D eigenvalue weighted by molar-refractivity contribution is 9.10. The monoisotopic (exact) mass is 227 g/mol. The highest BCUT2D eigenvalue weighted by atomic mass is 79.9. The van der Waals surface area contributed by atoms with Crippen molar-refractivity contribution in [2.75, 3.05) is 5.73 Å². The van der Waals surface area contributed by atoms with Gasteiger partial charge in [-0.15, -0.1) is 0 Å². The van der Waals surface area contributed by atoms with Crippen molar-refractivity contribution in [2.45, 2.75) is 6.61 Å². The summed E-state index contributed by atoms with van der Waals surface area (Å²) in [7, 11) is 0. The summed E-state index contributed by atoms with van der Waals surface area (Å²) in [4.78, 5) is 11.1. The van der Waals surface area contributed by atoms with Crippen molar-refractivity contribution in [1.29, 1.82) is 0 Å². The van der Waals surface area contributed by atoms with Crippen LogP contribution in [0.1, 0.15) is 15.9 Å². The van der Waals surface area contributed by atoms with Gasteiger partial charge >= 0.3 is 5.97 Å². The molecule has 1 aliphatic heterocycles. The van der Waals surface area contributed by atoms with E-state index in [-0.39, 0.29) is 5.97 Å². The van der Waals surface area contributed by atoms with Crippen LogP contribution in [0.3, 0.4) is 0 Å². The van der Waals surface area contributed by atoms with Gasteiger partial charge in [-0.1, -0.05) is 6.07 Å². The molecule has 12 heavy (non-hydrogen) atoms. The van der Waals surface area contributed by atoms with E-state index in [4.69, 9.17) is 10.5 Å². The molecule has 0 fully saturated rings. The van der Waals surface area contributed by atoms with Crippen molar-refractivity contribution in [2.24, 2.45) is 0 Å². The Morgan fingerprint density at radius 1 is 1.50 bits per heavy atom. The van der Waals surface area contributed by atoms with Crippen LogP contribution in [0.25, 0.3) is 0 Å². The summed E-state index contributed by atoms with van der Waals surface area (Å²) >= 11 is 3.25. The molecular formula is C8H6BrNO2. The molecule has 0 aliphatic carbocycles. The average molecular weight is 228 g/mol. The fourth-order valence-corrected chi connectivity index (χ4v) is 1.74. The van der Waals surface area contributed by atoms with Crippen molar-refractivity contribution < 1.29 is 9.53 Å². The van der Waals surface area contributed by atoms with Crippen LogP contribution >= 0.6 is 15.9 Å².